The molecule has 0 saturated heterocycles. The maximum Gasteiger partial charge on any atom is 0.206 e. The molecule has 1 heterocycles. The minimum atomic E-state index is -0.0539. The van der Waals surface area contributed by atoms with E-state index in [0.29, 0.717) is 26.1 Å². The highest BCUT2D eigenvalue weighted by Gasteiger charge is 2.14. The van der Waals surface area contributed by atoms with E-state index in [2.05, 4.69) is 10.1 Å². The highest BCUT2D eigenvalue weighted by molar-refractivity contribution is 7.07. The van der Waals surface area contributed by atoms with Gasteiger partial charge < -0.3 is 10.2 Å². The van der Waals surface area contributed by atoms with Crippen LogP contribution in [0.15, 0.2) is 51.9 Å². The molecule has 3 aromatic rings. The molecular weight excluding hydrogens is 417 g/mol. The van der Waals surface area contributed by atoms with Gasteiger partial charge in [-0.15, -0.1) is 11.3 Å². The van der Waals surface area contributed by atoms with Crippen LogP contribution < -0.4 is 4.80 Å². The number of phenols is 2. The predicted octanol–water partition coefficient (Wildman–Crippen LogP) is 5.52. The fourth-order valence-electron chi connectivity index (χ4n) is 2.62. The molecule has 0 fully saturated rings. The monoisotopic (exact) mass is 435 g/mol. The highest BCUT2D eigenvalue weighted by Crippen LogP contribution is 2.31. The summed E-state index contributed by atoms with van der Waals surface area (Å²) in [7, 11) is 0. The number of aromatic nitrogens is 1. The Hall–Kier alpha value is -2.28. The van der Waals surface area contributed by atoms with Gasteiger partial charge in [-0.25, -0.2) is 4.68 Å². The van der Waals surface area contributed by atoms with Crippen LogP contribution in [0.5, 0.6) is 11.5 Å². The van der Waals surface area contributed by atoms with Crippen LogP contribution in [-0.2, 0) is 0 Å². The maximum absolute atomic E-state index is 10.2. The summed E-state index contributed by atoms with van der Waals surface area (Å²) in [5, 5.41) is 27.4. The molecule has 5 nitrogen and oxygen atoms in total. The number of benzene rings is 2. The zero-order valence-electron chi connectivity index (χ0n) is 15.5. The standard InChI is InChI=1S/C20H19Cl2N3O2S/c1-11(2)23-20-25(24-12(3)15-6-5-14(26)9-19(15)27)18(10-28-20)16-8-13(21)4-7-17(16)22/h4-11,26-27H,1-3H3. The zero-order valence-corrected chi connectivity index (χ0v) is 17.8. The normalized spacial score (nSPS) is 12.8. The molecule has 2 aromatic carbocycles. The molecule has 0 bridgehead atoms. The first kappa shape index (κ1) is 20.5. The molecule has 0 saturated carbocycles. The maximum atomic E-state index is 10.2. The molecule has 0 aliphatic carbocycles. The number of aromatic hydroxyl groups is 2. The fraction of sp³-hybridized carbons (Fsp3) is 0.200. The van der Waals surface area contributed by atoms with Gasteiger partial charge in [0.2, 0.25) is 4.80 Å². The van der Waals surface area contributed by atoms with E-state index in [4.69, 9.17) is 23.2 Å². The van der Waals surface area contributed by atoms with Crippen molar-refractivity contribution in [2.75, 3.05) is 0 Å². The second-order valence-electron chi connectivity index (χ2n) is 6.45. The Bertz CT molecular complexity index is 1120. The fourth-order valence-corrected chi connectivity index (χ4v) is 3.96. The van der Waals surface area contributed by atoms with Gasteiger partial charge in [-0.3, -0.25) is 4.99 Å². The Morgan fingerprint density at radius 3 is 2.54 bits per heavy atom. The quantitative estimate of drug-likeness (QED) is 0.529. The number of nitrogens with zero attached hydrogens (tertiary/aromatic N) is 3. The molecule has 0 spiro atoms. The van der Waals surface area contributed by atoms with Crippen molar-refractivity contribution in [2.24, 2.45) is 10.1 Å². The lowest BCUT2D eigenvalue weighted by Crippen LogP contribution is -2.16. The van der Waals surface area contributed by atoms with E-state index < -0.39 is 0 Å². The number of thiazole rings is 1. The first-order valence-electron chi connectivity index (χ1n) is 8.54. The number of rotatable bonds is 4. The average molecular weight is 436 g/mol. The molecule has 2 N–H and O–H groups in total. The van der Waals surface area contributed by atoms with Crippen LogP contribution in [0.4, 0.5) is 0 Å². The van der Waals surface area contributed by atoms with Crippen molar-refractivity contribution >= 4 is 40.3 Å². The van der Waals surface area contributed by atoms with Gasteiger partial charge >= 0.3 is 0 Å². The molecule has 0 radical (unpaired) electrons. The van der Waals surface area contributed by atoms with Crippen LogP contribution in [-0.4, -0.2) is 26.6 Å². The van der Waals surface area contributed by atoms with E-state index in [0.717, 1.165) is 11.3 Å². The van der Waals surface area contributed by atoms with Crippen LogP contribution in [0.2, 0.25) is 10.0 Å². The summed E-state index contributed by atoms with van der Waals surface area (Å²) in [6, 6.07) is 9.72. The third-order valence-electron chi connectivity index (χ3n) is 3.88. The smallest absolute Gasteiger partial charge is 0.206 e. The summed E-state index contributed by atoms with van der Waals surface area (Å²) in [5.41, 5.74) is 2.55. The molecule has 0 aliphatic rings. The van der Waals surface area contributed by atoms with Gasteiger partial charge in [-0.05, 0) is 51.1 Å². The second-order valence-corrected chi connectivity index (χ2v) is 8.13. The van der Waals surface area contributed by atoms with Crippen LogP contribution in [0.3, 0.4) is 0 Å². The predicted molar refractivity (Wildman–Crippen MR) is 116 cm³/mol. The molecule has 8 heteroatoms. The summed E-state index contributed by atoms with van der Waals surface area (Å²) in [4.78, 5) is 5.33. The SMILES string of the molecule is CC(=Nn1c(-c2cc(Cl)ccc2Cl)csc1=NC(C)C)c1ccc(O)cc1O. The Morgan fingerprint density at radius 2 is 1.86 bits per heavy atom. The molecule has 0 amide bonds. The number of phenolic OH excluding ortho intramolecular Hbond substituents is 2. The van der Waals surface area contributed by atoms with Crippen molar-refractivity contribution in [3.63, 3.8) is 0 Å². The molecule has 3 rings (SSSR count). The summed E-state index contributed by atoms with van der Waals surface area (Å²) in [5.74, 6) is -0.0686. The molecule has 1 aromatic heterocycles. The van der Waals surface area contributed by atoms with Crippen molar-refractivity contribution < 1.29 is 10.2 Å². The summed E-state index contributed by atoms with van der Waals surface area (Å²) >= 11 is 14.0. The largest absolute Gasteiger partial charge is 0.508 e. The van der Waals surface area contributed by atoms with Crippen LogP contribution in [0.1, 0.15) is 26.3 Å². The van der Waals surface area contributed by atoms with Gasteiger partial charge in [-0.1, -0.05) is 23.2 Å². The number of hydrogen-bond donors (Lipinski definition) is 2. The lowest BCUT2D eigenvalue weighted by atomic mass is 10.1. The average Bonchev–Trinajstić information content (AvgIpc) is 2.98. The minimum Gasteiger partial charge on any atom is -0.508 e. The van der Waals surface area contributed by atoms with E-state index in [9.17, 15) is 10.2 Å². The van der Waals surface area contributed by atoms with Gasteiger partial charge in [0.1, 0.15) is 11.5 Å². The van der Waals surface area contributed by atoms with E-state index in [1.807, 2.05) is 19.2 Å². The number of hydrogen-bond acceptors (Lipinski definition) is 5. The number of halogens is 2. The molecule has 0 unspecified atom stereocenters. The first-order chi connectivity index (χ1) is 13.3. The lowest BCUT2D eigenvalue weighted by Gasteiger charge is -2.09. The van der Waals surface area contributed by atoms with Gasteiger partial charge in [0.25, 0.3) is 0 Å². The van der Waals surface area contributed by atoms with Gasteiger partial charge in [0.05, 0.1) is 16.4 Å². The van der Waals surface area contributed by atoms with E-state index in [-0.39, 0.29) is 17.5 Å². The van der Waals surface area contributed by atoms with E-state index in [1.54, 1.807) is 35.9 Å². The third-order valence-corrected chi connectivity index (χ3v) is 5.27. The molecule has 0 aliphatic heterocycles. The van der Waals surface area contributed by atoms with E-state index in [1.165, 1.54) is 23.5 Å². The Kier molecular flexibility index (Phi) is 6.13. The first-order valence-corrected chi connectivity index (χ1v) is 10.2. The van der Waals surface area contributed by atoms with Crippen LogP contribution in [0.25, 0.3) is 11.3 Å². The van der Waals surface area contributed by atoms with Crippen molar-refractivity contribution in [1.82, 2.24) is 4.68 Å². The van der Waals surface area contributed by atoms with Crippen molar-refractivity contribution in [2.45, 2.75) is 26.8 Å². The highest BCUT2D eigenvalue weighted by atomic mass is 35.5. The molecule has 28 heavy (non-hydrogen) atoms. The van der Waals surface area contributed by atoms with Gasteiger partial charge in [-0.2, -0.15) is 5.10 Å². The lowest BCUT2D eigenvalue weighted by molar-refractivity contribution is 0.450. The summed E-state index contributed by atoms with van der Waals surface area (Å²) < 4.78 is 1.70. The molecule has 0 atom stereocenters. The Morgan fingerprint density at radius 1 is 1.11 bits per heavy atom. The molecular formula is C20H19Cl2N3O2S. The Labute approximate surface area is 176 Å². The third kappa shape index (κ3) is 4.41. The van der Waals surface area contributed by atoms with Crippen LogP contribution >= 0.6 is 34.5 Å². The minimum absolute atomic E-state index is 0.0147. The van der Waals surface area contributed by atoms with Crippen molar-refractivity contribution in [3.8, 4) is 22.8 Å². The summed E-state index contributed by atoms with van der Waals surface area (Å²) in [6.45, 7) is 5.75. The Balaban J connectivity index is 2.23. The van der Waals surface area contributed by atoms with Crippen LogP contribution in [0, 0.1) is 0 Å². The van der Waals surface area contributed by atoms with Gasteiger partial charge in [0.15, 0.2) is 0 Å². The topological polar surface area (TPSA) is 70.1 Å². The van der Waals surface area contributed by atoms with Crippen molar-refractivity contribution in [3.05, 3.63) is 62.2 Å². The zero-order chi connectivity index (χ0) is 20.4. The summed E-state index contributed by atoms with van der Waals surface area (Å²) in [6.07, 6.45) is 0. The van der Waals surface area contributed by atoms with E-state index >= 15 is 0 Å². The molecule has 146 valence electrons. The van der Waals surface area contributed by atoms with Gasteiger partial charge in [0, 0.05) is 33.6 Å². The second kappa shape index (κ2) is 8.39. The van der Waals surface area contributed by atoms with Crippen molar-refractivity contribution in [1.29, 1.82) is 0 Å².